The summed E-state index contributed by atoms with van der Waals surface area (Å²) in [4.78, 5) is 21.5. The van der Waals surface area contributed by atoms with Crippen molar-refractivity contribution in [1.29, 1.82) is 0 Å². The van der Waals surface area contributed by atoms with Gasteiger partial charge in [0.25, 0.3) is 0 Å². The van der Waals surface area contributed by atoms with Gasteiger partial charge >= 0.3 is 11.9 Å². The number of aliphatic hydroxyl groups is 2. The van der Waals surface area contributed by atoms with E-state index in [4.69, 9.17) is 15.3 Å². The standard InChI is InChI=1S/C10H15O6S/c1-5(11)3-7(6(2)12)17-8(10(15)16)4-9(13)14/h3,5-6,11-12H,4H2,1-2H3,(H,13,14)(H,15,16)/b7-3+. The Hall–Kier alpha value is -1.05. The number of carbonyl (C=O) groups is 2. The average molecular weight is 263 g/mol. The summed E-state index contributed by atoms with van der Waals surface area (Å²) < 4.78 is 0. The molecule has 0 aliphatic carbocycles. The number of carboxylic acid groups (broad SMARTS) is 2. The smallest absolute Gasteiger partial charge is 0.322 e. The Morgan fingerprint density at radius 2 is 1.76 bits per heavy atom. The molecule has 0 saturated heterocycles. The Morgan fingerprint density at radius 3 is 2.06 bits per heavy atom. The quantitative estimate of drug-likeness (QED) is 0.527. The molecule has 0 aliphatic rings. The molecule has 17 heavy (non-hydrogen) atoms. The van der Waals surface area contributed by atoms with Crippen molar-refractivity contribution >= 4 is 23.7 Å². The molecule has 0 bridgehead atoms. The summed E-state index contributed by atoms with van der Waals surface area (Å²) >= 11 is 0.650. The number of hydrogen-bond donors (Lipinski definition) is 4. The van der Waals surface area contributed by atoms with Gasteiger partial charge in [-0.2, -0.15) is 0 Å². The third-order valence-electron chi connectivity index (χ3n) is 1.61. The lowest BCUT2D eigenvalue weighted by Gasteiger charge is -2.15. The number of rotatable bonds is 7. The highest BCUT2D eigenvalue weighted by Gasteiger charge is 2.26. The first kappa shape index (κ1) is 16.0. The lowest BCUT2D eigenvalue weighted by atomic mass is 10.3. The SMILES string of the molecule is CC(O)/C=C(/S[C](CC(=O)O)C(=O)O)C(C)O. The first-order valence-electron chi connectivity index (χ1n) is 4.80. The van der Waals surface area contributed by atoms with Crippen LogP contribution in [-0.4, -0.2) is 44.6 Å². The van der Waals surface area contributed by atoms with Crippen molar-refractivity contribution in [3.63, 3.8) is 0 Å². The van der Waals surface area contributed by atoms with E-state index in [9.17, 15) is 14.7 Å². The van der Waals surface area contributed by atoms with Crippen molar-refractivity contribution in [3.05, 3.63) is 16.2 Å². The van der Waals surface area contributed by atoms with Crippen LogP contribution in [-0.2, 0) is 9.59 Å². The molecule has 0 fully saturated rings. The molecule has 1 radical (unpaired) electrons. The van der Waals surface area contributed by atoms with E-state index in [0.717, 1.165) is 0 Å². The fourth-order valence-corrected chi connectivity index (χ4v) is 1.93. The van der Waals surface area contributed by atoms with Gasteiger partial charge in [-0.1, -0.05) is 0 Å². The van der Waals surface area contributed by atoms with E-state index in [1.54, 1.807) is 0 Å². The Balaban J connectivity index is 4.80. The van der Waals surface area contributed by atoms with Crippen LogP contribution in [0.1, 0.15) is 20.3 Å². The van der Waals surface area contributed by atoms with Gasteiger partial charge in [0.15, 0.2) is 5.25 Å². The second-order valence-corrected chi connectivity index (χ2v) is 4.55. The van der Waals surface area contributed by atoms with E-state index in [2.05, 4.69) is 0 Å². The van der Waals surface area contributed by atoms with E-state index in [-0.39, 0.29) is 10.2 Å². The Bertz CT molecular complexity index is 310. The molecule has 0 heterocycles. The largest absolute Gasteiger partial charge is 0.481 e. The van der Waals surface area contributed by atoms with Crippen LogP contribution in [0, 0.1) is 5.25 Å². The molecule has 0 aliphatic heterocycles. The normalized spacial score (nSPS) is 15.7. The van der Waals surface area contributed by atoms with Crippen molar-refractivity contribution in [2.75, 3.05) is 0 Å². The maximum absolute atomic E-state index is 10.8. The molecule has 2 unspecified atom stereocenters. The highest BCUT2D eigenvalue weighted by atomic mass is 32.2. The number of carboxylic acids is 2. The minimum Gasteiger partial charge on any atom is -0.481 e. The van der Waals surface area contributed by atoms with Crippen molar-refractivity contribution < 1.29 is 30.0 Å². The minimum absolute atomic E-state index is 0.207. The molecule has 0 aromatic rings. The molecule has 0 amide bonds. The maximum atomic E-state index is 10.8. The zero-order valence-corrected chi connectivity index (χ0v) is 10.3. The maximum Gasteiger partial charge on any atom is 0.322 e. The molecule has 2 atom stereocenters. The zero-order chi connectivity index (χ0) is 13.6. The molecule has 6 nitrogen and oxygen atoms in total. The van der Waals surface area contributed by atoms with E-state index in [1.165, 1.54) is 19.9 Å². The van der Waals surface area contributed by atoms with Crippen molar-refractivity contribution in [1.82, 2.24) is 0 Å². The van der Waals surface area contributed by atoms with Crippen LogP contribution in [0.5, 0.6) is 0 Å². The monoisotopic (exact) mass is 263 g/mol. The molecule has 4 N–H and O–H groups in total. The number of aliphatic hydroxyl groups excluding tert-OH is 2. The van der Waals surface area contributed by atoms with E-state index >= 15 is 0 Å². The van der Waals surface area contributed by atoms with Crippen LogP contribution < -0.4 is 0 Å². The van der Waals surface area contributed by atoms with Gasteiger partial charge in [-0.05, 0) is 19.9 Å². The highest BCUT2D eigenvalue weighted by Crippen LogP contribution is 2.33. The summed E-state index contributed by atoms with van der Waals surface area (Å²) in [7, 11) is 0. The molecule has 0 spiro atoms. The molecule has 0 rings (SSSR count). The molecular formula is C10H15O6S. The highest BCUT2D eigenvalue weighted by molar-refractivity contribution is 8.06. The summed E-state index contributed by atoms with van der Waals surface area (Å²) in [6.45, 7) is 2.85. The minimum atomic E-state index is -1.35. The van der Waals surface area contributed by atoms with Gasteiger partial charge in [-0.3, -0.25) is 9.59 Å². The van der Waals surface area contributed by atoms with Crippen LogP contribution in [0.15, 0.2) is 11.0 Å². The second-order valence-electron chi connectivity index (χ2n) is 3.39. The summed E-state index contributed by atoms with van der Waals surface area (Å²) in [5, 5.41) is 35.5. The zero-order valence-electron chi connectivity index (χ0n) is 9.45. The Kier molecular flexibility index (Phi) is 6.86. The first-order chi connectivity index (χ1) is 7.73. The van der Waals surface area contributed by atoms with Gasteiger partial charge in [-0.15, -0.1) is 11.8 Å². The summed E-state index contributed by atoms with van der Waals surface area (Å²) in [5.41, 5.74) is 0. The number of hydrogen-bond acceptors (Lipinski definition) is 5. The van der Waals surface area contributed by atoms with E-state index in [0.29, 0.717) is 11.8 Å². The Labute approximate surface area is 103 Å². The third kappa shape index (κ3) is 6.98. The molecule has 97 valence electrons. The molecule has 0 saturated carbocycles. The predicted molar refractivity (Wildman–Crippen MR) is 62.2 cm³/mol. The molecule has 0 aromatic carbocycles. The second kappa shape index (κ2) is 7.31. The van der Waals surface area contributed by atoms with E-state index in [1.807, 2.05) is 0 Å². The summed E-state index contributed by atoms with van der Waals surface area (Å²) in [6, 6.07) is 0. The lowest BCUT2D eigenvalue weighted by Crippen LogP contribution is -2.15. The number of thioether (sulfide) groups is 1. The lowest BCUT2D eigenvalue weighted by molar-refractivity contribution is -0.140. The van der Waals surface area contributed by atoms with Crippen molar-refractivity contribution in [2.45, 2.75) is 32.5 Å². The van der Waals surface area contributed by atoms with Crippen LogP contribution in [0.2, 0.25) is 0 Å². The van der Waals surface area contributed by atoms with Crippen LogP contribution in [0.3, 0.4) is 0 Å². The van der Waals surface area contributed by atoms with Gasteiger partial charge in [0, 0.05) is 4.91 Å². The van der Waals surface area contributed by atoms with Crippen molar-refractivity contribution in [3.8, 4) is 0 Å². The topological polar surface area (TPSA) is 115 Å². The van der Waals surface area contributed by atoms with Gasteiger partial charge in [0.1, 0.15) is 0 Å². The molecule has 7 heteroatoms. The average Bonchev–Trinajstić information content (AvgIpc) is 2.13. The fraction of sp³-hybridized carbons (Fsp3) is 0.500. The van der Waals surface area contributed by atoms with Crippen LogP contribution in [0.4, 0.5) is 0 Å². The van der Waals surface area contributed by atoms with Crippen LogP contribution in [0.25, 0.3) is 0 Å². The molecule has 0 aromatic heterocycles. The van der Waals surface area contributed by atoms with Gasteiger partial charge in [0.05, 0.1) is 18.6 Å². The van der Waals surface area contributed by atoms with E-state index < -0.39 is 30.6 Å². The van der Waals surface area contributed by atoms with Gasteiger partial charge < -0.3 is 20.4 Å². The fourth-order valence-electron chi connectivity index (χ4n) is 0.931. The summed E-state index contributed by atoms with van der Waals surface area (Å²) in [6.07, 6.45) is -1.19. The Morgan fingerprint density at radius 1 is 1.24 bits per heavy atom. The third-order valence-corrected chi connectivity index (χ3v) is 2.89. The summed E-state index contributed by atoms with van der Waals surface area (Å²) in [5.74, 6) is -2.62. The molecular weight excluding hydrogens is 248 g/mol. The van der Waals surface area contributed by atoms with Gasteiger partial charge in [-0.25, -0.2) is 0 Å². The number of aliphatic carboxylic acids is 2. The van der Waals surface area contributed by atoms with Crippen LogP contribution >= 0.6 is 11.8 Å². The van der Waals surface area contributed by atoms with Crippen molar-refractivity contribution in [2.24, 2.45) is 0 Å². The first-order valence-corrected chi connectivity index (χ1v) is 5.62. The predicted octanol–water partition coefficient (Wildman–Crippen LogP) is 0.456. The van der Waals surface area contributed by atoms with Gasteiger partial charge in [0.2, 0.25) is 0 Å².